The van der Waals surface area contributed by atoms with Gasteiger partial charge in [0.1, 0.15) is 6.10 Å². The van der Waals surface area contributed by atoms with Crippen LogP contribution in [0, 0.1) is 13.8 Å². The van der Waals surface area contributed by atoms with Gasteiger partial charge in [-0.1, -0.05) is 17.2 Å². The third kappa shape index (κ3) is 2.66. The van der Waals surface area contributed by atoms with Crippen molar-refractivity contribution in [2.75, 3.05) is 18.1 Å². The van der Waals surface area contributed by atoms with Crippen LogP contribution in [0.25, 0.3) is 0 Å². The highest BCUT2D eigenvalue weighted by molar-refractivity contribution is 7.99. The molecule has 1 aromatic rings. The van der Waals surface area contributed by atoms with E-state index in [0.717, 1.165) is 28.2 Å². The molecule has 1 saturated heterocycles. The average molecular weight is 236 g/mol. The summed E-state index contributed by atoms with van der Waals surface area (Å²) in [6.07, 6.45) is -0.250. The van der Waals surface area contributed by atoms with E-state index < -0.39 is 0 Å². The summed E-state index contributed by atoms with van der Waals surface area (Å²) in [6, 6.07) is 5.96. The smallest absolute Gasteiger partial charge is 0.192 e. The summed E-state index contributed by atoms with van der Waals surface area (Å²) in [5.74, 6) is 1.90. The summed E-state index contributed by atoms with van der Waals surface area (Å²) in [6.45, 7) is 4.71. The van der Waals surface area contributed by atoms with Crippen molar-refractivity contribution < 1.29 is 9.53 Å². The quantitative estimate of drug-likeness (QED) is 0.738. The molecular weight excluding hydrogens is 220 g/mol. The van der Waals surface area contributed by atoms with Gasteiger partial charge >= 0.3 is 0 Å². The predicted molar refractivity (Wildman–Crippen MR) is 67.3 cm³/mol. The van der Waals surface area contributed by atoms with E-state index in [-0.39, 0.29) is 11.9 Å². The minimum atomic E-state index is -0.250. The number of ketones is 1. The molecule has 2 nitrogen and oxygen atoms in total. The highest BCUT2D eigenvalue weighted by Crippen LogP contribution is 2.18. The first-order chi connectivity index (χ1) is 7.66. The Morgan fingerprint density at radius 1 is 1.31 bits per heavy atom. The standard InChI is InChI=1S/C13H16O2S/c1-9-5-10(2)7-11(6-9)13(14)12-8-16-4-3-15-12/h5-7,12H,3-4,8H2,1-2H3. The van der Waals surface area contributed by atoms with Gasteiger partial charge in [0.2, 0.25) is 0 Å². The second-order valence-electron chi connectivity index (χ2n) is 4.17. The lowest BCUT2D eigenvalue weighted by Gasteiger charge is -2.21. The molecule has 1 atom stereocenters. The lowest BCUT2D eigenvalue weighted by molar-refractivity contribution is 0.0518. The molecule has 1 unspecified atom stereocenters. The summed E-state index contributed by atoms with van der Waals surface area (Å²) in [5.41, 5.74) is 3.05. The summed E-state index contributed by atoms with van der Waals surface area (Å²) < 4.78 is 5.50. The molecule has 1 fully saturated rings. The van der Waals surface area contributed by atoms with Crippen molar-refractivity contribution in [1.29, 1.82) is 0 Å². The van der Waals surface area contributed by atoms with Crippen LogP contribution >= 0.6 is 11.8 Å². The van der Waals surface area contributed by atoms with Crippen LogP contribution < -0.4 is 0 Å². The van der Waals surface area contributed by atoms with E-state index in [1.807, 2.05) is 26.0 Å². The summed E-state index contributed by atoms with van der Waals surface area (Å²) >= 11 is 1.79. The van der Waals surface area contributed by atoms with Crippen molar-refractivity contribution >= 4 is 17.5 Å². The molecule has 86 valence electrons. The number of benzene rings is 1. The van der Waals surface area contributed by atoms with Gasteiger partial charge in [-0.15, -0.1) is 0 Å². The van der Waals surface area contributed by atoms with Crippen LogP contribution in [0.1, 0.15) is 21.5 Å². The van der Waals surface area contributed by atoms with E-state index in [9.17, 15) is 4.79 Å². The summed E-state index contributed by atoms with van der Waals surface area (Å²) in [7, 11) is 0. The molecule has 1 heterocycles. The lowest BCUT2D eigenvalue weighted by atomic mass is 10.0. The molecule has 1 aromatic carbocycles. The third-order valence-corrected chi connectivity index (χ3v) is 3.61. The Balaban J connectivity index is 2.19. The number of carbonyl (C=O) groups is 1. The Morgan fingerprint density at radius 2 is 2.00 bits per heavy atom. The first-order valence-electron chi connectivity index (χ1n) is 5.48. The summed E-state index contributed by atoms with van der Waals surface area (Å²) in [5, 5.41) is 0. The van der Waals surface area contributed by atoms with Crippen LogP contribution in [0.5, 0.6) is 0 Å². The second kappa shape index (κ2) is 5.02. The Bertz CT molecular complexity index is 375. The zero-order chi connectivity index (χ0) is 11.5. The highest BCUT2D eigenvalue weighted by Gasteiger charge is 2.23. The van der Waals surface area contributed by atoms with E-state index in [4.69, 9.17) is 4.74 Å². The highest BCUT2D eigenvalue weighted by atomic mass is 32.2. The lowest BCUT2D eigenvalue weighted by Crippen LogP contribution is -2.31. The van der Waals surface area contributed by atoms with Crippen molar-refractivity contribution in [2.45, 2.75) is 20.0 Å². The zero-order valence-electron chi connectivity index (χ0n) is 9.66. The van der Waals surface area contributed by atoms with Gasteiger partial charge in [-0.05, 0) is 26.0 Å². The van der Waals surface area contributed by atoms with E-state index in [1.165, 1.54) is 0 Å². The molecular formula is C13H16O2S. The second-order valence-corrected chi connectivity index (χ2v) is 5.32. The number of ether oxygens (including phenoxy) is 1. The fraction of sp³-hybridized carbons (Fsp3) is 0.462. The van der Waals surface area contributed by atoms with Crippen LogP contribution in [0.4, 0.5) is 0 Å². The number of thioether (sulfide) groups is 1. The van der Waals surface area contributed by atoms with Crippen LogP contribution in [0.3, 0.4) is 0 Å². The Labute approximate surface area is 100 Å². The maximum Gasteiger partial charge on any atom is 0.192 e. The largest absolute Gasteiger partial charge is 0.368 e. The molecule has 0 spiro atoms. The Kier molecular flexibility index (Phi) is 3.66. The van der Waals surface area contributed by atoms with Crippen LogP contribution in [0.15, 0.2) is 18.2 Å². The fourth-order valence-electron chi connectivity index (χ4n) is 1.94. The van der Waals surface area contributed by atoms with E-state index in [2.05, 4.69) is 6.07 Å². The molecule has 16 heavy (non-hydrogen) atoms. The first kappa shape index (κ1) is 11.7. The third-order valence-electron chi connectivity index (χ3n) is 2.61. The van der Waals surface area contributed by atoms with Gasteiger partial charge in [0.05, 0.1) is 6.61 Å². The van der Waals surface area contributed by atoms with Crippen LogP contribution in [-0.4, -0.2) is 30.0 Å². The number of aryl methyl sites for hydroxylation is 2. The number of rotatable bonds is 2. The zero-order valence-corrected chi connectivity index (χ0v) is 10.5. The molecule has 0 bridgehead atoms. The molecule has 0 amide bonds. The average Bonchev–Trinajstić information content (AvgIpc) is 2.28. The Hall–Kier alpha value is -0.800. The van der Waals surface area contributed by atoms with E-state index >= 15 is 0 Å². The van der Waals surface area contributed by atoms with Crippen molar-refractivity contribution in [1.82, 2.24) is 0 Å². The molecule has 2 rings (SSSR count). The molecule has 0 radical (unpaired) electrons. The molecule has 3 heteroatoms. The van der Waals surface area contributed by atoms with Gasteiger partial charge in [-0.25, -0.2) is 0 Å². The predicted octanol–water partition coefficient (Wildman–Crippen LogP) is 2.62. The number of hydrogen-bond acceptors (Lipinski definition) is 3. The maximum absolute atomic E-state index is 12.2. The SMILES string of the molecule is Cc1cc(C)cc(C(=O)C2CSCCO2)c1. The van der Waals surface area contributed by atoms with Crippen molar-refractivity contribution in [2.24, 2.45) is 0 Å². The molecule has 0 aromatic heterocycles. The van der Waals surface area contributed by atoms with E-state index in [0.29, 0.717) is 6.61 Å². The van der Waals surface area contributed by atoms with Crippen LogP contribution in [0.2, 0.25) is 0 Å². The van der Waals surface area contributed by atoms with Gasteiger partial charge < -0.3 is 4.74 Å². The molecule has 1 aliphatic rings. The van der Waals surface area contributed by atoms with Gasteiger partial charge in [0, 0.05) is 17.1 Å². The monoisotopic (exact) mass is 236 g/mol. The van der Waals surface area contributed by atoms with Crippen molar-refractivity contribution in [3.05, 3.63) is 34.9 Å². The van der Waals surface area contributed by atoms with Crippen molar-refractivity contribution in [3.8, 4) is 0 Å². The molecule has 0 saturated carbocycles. The maximum atomic E-state index is 12.2. The molecule has 1 aliphatic heterocycles. The van der Waals surface area contributed by atoms with Crippen LogP contribution in [-0.2, 0) is 4.74 Å². The van der Waals surface area contributed by atoms with Gasteiger partial charge in [0.15, 0.2) is 5.78 Å². The number of Topliss-reactive ketones (excluding diaryl/α,β-unsaturated/α-hetero) is 1. The Morgan fingerprint density at radius 3 is 2.56 bits per heavy atom. The topological polar surface area (TPSA) is 26.3 Å². The van der Waals surface area contributed by atoms with Crippen molar-refractivity contribution in [3.63, 3.8) is 0 Å². The normalized spacial score (nSPS) is 20.8. The molecule has 0 aliphatic carbocycles. The minimum Gasteiger partial charge on any atom is -0.368 e. The fourth-order valence-corrected chi connectivity index (χ4v) is 2.78. The summed E-state index contributed by atoms with van der Waals surface area (Å²) in [4.78, 5) is 12.2. The van der Waals surface area contributed by atoms with Gasteiger partial charge in [-0.2, -0.15) is 11.8 Å². The minimum absolute atomic E-state index is 0.124. The van der Waals surface area contributed by atoms with Gasteiger partial charge in [-0.3, -0.25) is 4.79 Å². The van der Waals surface area contributed by atoms with E-state index in [1.54, 1.807) is 11.8 Å². The first-order valence-corrected chi connectivity index (χ1v) is 6.64. The number of carbonyl (C=O) groups excluding carboxylic acids is 1. The van der Waals surface area contributed by atoms with Gasteiger partial charge in [0.25, 0.3) is 0 Å². The number of hydrogen-bond donors (Lipinski definition) is 0. The molecule has 0 N–H and O–H groups in total.